The minimum atomic E-state index is -3.73. The quantitative estimate of drug-likeness (QED) is 0.841. The van der Waals surface area contributed by atoms with E-state index in [-0.39, 0.29) is 10.9 Å². The Bertz CT molecular complexity index is 749. The van der Waals surface area contributed by atoms with Crippen LogP contribution in [0.2, 0.25) is 0 Å². The molecule has 0 aliphatic rings. The Balaban J connectivity index is 2.00. The van der Waals surface area contributed by atoms with Crippen LogP contribution in [0.1, 0.15) is 25.6 Å². The van der Waals surface area contributed by atoms with Gasteiger partial charge in [0, 0.05) is 6.20 Å². The number of pyridine rings is 1. The highest BCUT2D eigenvalue weighted by molar-refractivity contribution is 7.89. The first-order valence-corrected chi connectivity index (χ1v) is 8.67. The Morgan fingerprint density at radius 3 is 2.30 bits per heavy atom. The van der Waals surface area contributed by atoms with Crippen LogP contribution in [0.15, 0.2) is 59.6 Å². The van der Waals surface area contributed by atoms with E-state index in [1.165, 1.54) is 19.1 Å². The summed E-state index contributed by atoms with van der Waals surface area (Å²) in [6.45, 7) is 3.29. The van der Waals surface area contributed by atoms with Gasteiger partial charge >= 0.3 is 0 Å². The van der Waals surface area contributed by atoms with Crippen molar-refractivity contribution in [3.05, 3.63) is 60.4 Å². The number of aromatic nitrogens is 1. The normalized spacial score (nSPS) is 14.0. The summed E-state index contributed by atoms with van der Waals surface area (Å²) in [5.74, 6) is -0.414. The van der Waals surface area contributed by atoms with Crippen LogP contribution < -0.4 is 10.0 Å². The molecule has 122 valence electrons. The van der Waals surface area contributed by atoms with Crippen molar-refractivity contribution in [2.45, 2.75) is 30.8 Å². The summed E-state index contributed by atoms with van der Waals surface area (Å²) in [5.41, 5.74) is 0.707. The number of benzene rings is 1. The molecule has 2 atom stereocenters. The Labute approximate surface area is 136 Å². The molecule has 2 aromatic rings. The first-order valence-electron chi connectivity index (χ1n) is 7.19. The summed E-state index contributed by atoms with van der Waals surface area (Å²) < 4.78 is 26.8. The summed E-state index contributed by atoms with van der Waals surface area (Å²) in [6, 6.07) is 12.1. The SMILES string of the molecule is CC(NS(=O)(=O)c1ccccc1)C(=O)NC(C)c1ccccn1. The molecule has 0 saturated carbocycles. The van der Waals surface area contributed by atoms with Gasteiger partial charge in [0.15, 0.2) is 0 Å². The van der Waals surface area contributed by atoms with Gasteiger partial charge in [0.2, 0.25) is 15.9 Å². The zero-order valence-electron chi connectivity index (χ0n) is 12.9. The lowest BCUT2D eigenvalue weighted by atomic mass is 10.2. The van der Waals surface area contributed by atoms with E-state index < -0.39 is 22.0 Å². The molecule has 0 saturated heterocycles. The second-order valence-corrected chi connectivity index (χ2v) is 6.85. The average Bonchev–Trinajstić information content (AvgIpc) is 2.56. The summed E-state index contributed by atoms with van der Waals surface area (Å²) in [7, 11) is -3.73. The van der Waals surface area contributed by atoms with Gasteiger partial charge in [-0.05, 0) is 38.1 Å². The third-order valence-corrected chi connectivity index (χ3v) is 4.83. The molecule has 1 amide bonds. The molecule has 0 bridgehead atoms. The van der Waals surface area contributed by atoms with Crippen LogP contribution in [0, 0.1) is 0 Å². The van der Waals surface area contributed by atoms with Gasteiger partial charge in [-0.1, -0.05) is 24.3 Å². The van der Waals surface area contributed by atoms with Gasteiger partial charge in [0.05, 0.1) is 22.7 Å². The van der Waals surface area contributed by atoms with Crippen LogP contribution in [0.5, 0.6) is 0 Å². The number of hydrogen-bond donors (Lipinski definition) is 2. The van der Waals surface area contributed by atoms with E-state index in [0.717, 1.165) is 0 Å². The van der Waals surface area contributed by atoms with Crippen LogP contribution in [0.3, 0.4) is 0 Å². The monoisotopic (exact) mass is 333 g/mol. The molecule has 0 aliphatic heterocycles. The minimum absolute atomic E-state index is 0.123. The summed E-state index contributed by atoms with van der Waals surface area (Å²) in [4.78, 5) is 16.5. The Morgan fingerprint density at radius 2 is 1.70 bits per heavy atom. The smallest absolute Gasteiger partial charge is 0.241 e. The summed E-state index contributed by atoms with van der Waals surface area (Å²) >= 11 is 0. The second kappa shape index (κ2) is 7.34. The average molecular weight is 333 g/mol. The lowest BCUT2D eigenvalue weighted by molar-refractivity contribution is -0.123. The van der Waals surface area contributed by atoms with Crippen LogP contribution in [-0.2, 0) is 14.8 Å². The lowest BCUT2D eigenvalue weighted by Crippen LogP contribution is -2.45. The van der Waals surface area contributed by atoms with E-state index >= 15 is 0 Å². The maximum atomic E-state index is 12.2. The van der Waals surface area contributed by atoms with E-state index in [1.807, 2.05) is 6.07 Å². The first kappa shape index (κ1) is 17.1. The molecule has 0 fully saturated rings. The van der Waals surface area contributed by atoms with Gasteiger partial charge in [-0.25, -0.2) is 8.42 Å². The molecule has 1 aromatic heterocycles. The Hall–Kier alpha value is -2.25. The van der Waals surface area contributed by atoms with Crippen LogP contribution in [0.25, 0.3) is 0 Å². The number of carbonyl (C=O) groups excluding carboxylic acids is 1. The molecule has 23 heavy (non-hydrogen) atoms. The number of nitrogens with one attached hydrogen (secondary N) is 2. The van der Waals surface area contributed by atoms with E-state index in [4.69, 9.17) is 0 Å². The van der Waals surface area contributed by atoms with Crippen molar-refractivity contribution >= 4 is 15.9 Å². The highest BCUT2D eigenvalue weighted by Gasteiger charge is 2.23. The van der Waals surface area contributed by atoms with Crippen molar-refractivity contribution in [1.82, 2.24) is 15.0 Å². The molecule has 1 heterocycles. The molecule has 7 heteroatoms. The largest absolute Gasteiger partial charge is 0.347 e. The van der Waals surface area contributed by atoms with Gasteiger partial charge in [-0.2, -0.15) is 4.72 Å². The lowest BCUT2D eigenvalue weighted by Gasteiger charge is -2.18. The maximum Gasteiger partial charge on any atom is 0.241 e. The highest BCUT2D eigenvalue weighted by Crippen LogP contribution is 2.10. The summed E-state index contributed by atoms with van der Waals surface area (Å²) in [5, 5.41) is 2.74. The van der Waals surface area contributed by atoms with Crippen molar-refractivity contribution in [3.8, 4) is 0 Å². The van der Waals surface area contributed by atoms with Gasteiger partial charge in [0.25, 0.3) is 0 Å². The number of carbonyl (C=O) groups is 1. The fourth-order valence-corrected chi connectivity index (χ4v) is 3.22. The molecule has 2 unspecified atom stereocenters. The second-order valence-electron chi connectivity index (χ2n) is 5.14. The van der Waals surface area contributed by atoms with E-state index in [2.05, 4.69) is 15.0 Å². The number of amides is 1. The molecule has 0 radical (unpaired) electrons. The van der Waals surface area contributed by atoms with Crippen molar-refractivity contribution in [2.24, 2.45) is 0 Å². The predicted molar refractivity (Wildman–Crippen MR) is 87.0 cm³/mol. The topological polar surface area (TPSA) is 88.2 Å². The van der Waals surface area contributed by atoms with Gasteiger partial charge in [-0.3, -0.25) is 9.78 Å². The molecule has 0 aliphatic carbocycles. The maximum absolute atomic E-state index is 12.2. The van der Waals surface area contributed by atoms with Crippen LogP contribution in [-0.4, -0.2) is 25.4 Å². The fraction of sp³-hybridized carbons (Fsp3) is 0.250. The van der Waals surface area contributed by atoms with Crippen LogP contribution in [0.4, 0.5) is 0 Å². The minimum Gasteiger partial charge on any atom is -0.347 e. The van der Waals surface area contributed by atoms with Crippen molar-refractivity contribution in [2.75, 3.05) is 0 Å². The van der Waals surface area contributed by atoms with E-state index in [0.29, 0.717) is 5.69 Å². The molecule has 6 nitrogen and oxygen atoms in total. The Kier molecular flexibility index (Phi) is 5.46. The van der Waals surface area contributed by atoms with E-state index in [9.17, 15) is 13.2 Å². The molecule has 1 aromatic carbocycles. The number of nitrogens with zero attached hydrogens (tertiary/aromatic N) is 1. The van der Waals surface area contributed by atoms with Gasteiger partial charge in [0.1, 0.15) is 0 Å². The number of sulfonamides is 1. The molecular formula is C16H19N3O3S. The van der Waals surface area contributed by atoms with Crippen molar-refractivity contribution in [3.63, 3.8) is 0 Å². The number of hydrogen-bond acceptors (Lipinski definition) is 4. The Morgan fingerprint density at radius 1 is 1.04 bits per heavy atom. The zero-order chi connectivity index (χ0) is 16.9. The fourth-order valence-electron chi connectivity index (χ4n) is 2.00. The molecular weight excluding hydrogens is 314 g/mol. The molecule has 2 rings (SSSR count). The predicted octanol–water partition coefficient (Wildman–Crippen LogP) is 1.63. The van der Waals surface area contributed by atoms with Crippen molar-refractivity contribution in [1.29, 1.82) is 0 Å². The van der Waals surface area contributed by atoms with Crippen LogP contribution >= 0.6 is 0 Å². The number of rotatable bonds is 6. The third-order valence-electron chi connectivity index (χ3n) is 3.27. The molecule has 2 N–H and O–H groups in total. The van der Waals surface area contributed by atoms with E-state index in [1.54, 1.807) is 43.5 Å². The van der Waals surface area contributed by atoms with Crippen molar-refractivity contribution < 1.29 is 13.2 Å². The summed E-state index contributed by atoms with van der Waals surface area (Å²) in [6.07, 6.45) is 1.64. The third kappa shape index (κ3) is 4.61. The standard InChI is InChI=1S/C16H19N3O3S/c1-12(15-10-6-7-11-17-15)18-16(20)13(2)19-23(21,22)14-8-4-3-5-9-14/h3-13,19H,1-2H3,(H,18,20). The van der Waals surface area contributed by atoms with Gasteiger partial charge < -0.3 is 5.32 Å². The first-order chi connectivity index (χ1) is 10.9. The zero-order valence-corrected chi connectivity index (χ0v) is 13.7. The highest BCUT2D eigenvalue weighted by atomic mass is 32.2. The van der Waals surface area contributed by atoms with Gasteiger partial charge in [-0.15, -0.1) is 0 Å². The molecule has 0 spiro atoms.